The molecule has 0 atom stereocenters. The van der Waals surface area contributed by atoms with Gasteiger partial charge in [-0.2, -0.15) is 10.4 Å². The lowest BCUT2D eigenvalue weighted by molar-refractivity contribution is 0.326. The first-order valence-corrected chi connectivity index (χ1v) is 8.78. The van der Waals surface area contributed by atoms with Gasteiger partial charge < -0.3 is 13.9 Å². The molecule has 7 nitrogen and oxygen atoms in total. The first-order chi connectivity index (χ1) is 13.2. The minimum absolute atomic E-state index is 0.184. The Kier molecular flexibility index (Phi) is 7.44. The standard InChI is InChI=1S/C20H24N4O3/c1-5-10-26-17-9-8-14(11-18(17)25-4)13-22-24-20-16(12-21)23-19(27-20)15(6-2)7-3/h5,8-9,11,13,15,24H,1,6-7,10H2,2-4H3. The zero-order valence-corrected chi connectivity index (χ0v) is 15.9. The van der Waals surface area contributed by atoms with E-state index in [1.807, 2.05) is 12.1 Å². The van der Waals surface area contributed by atoms with Crippen LogP contribution >= 0.6 is 0 Å². The van der Waals surface area contributed by atoms with Crippen LogP contribution in [0.1, 0.15) is 49.8 Å². The molecule has 142 valence electrons. The summed E-state index contributed by atoms with van der Waals surface area (Å²) < 4.78 is 16.5. The van der Waals surface area contributed by atoms with Crippen LogP contribution in [0, 0.1) is 11.3 Å². The molecule has 0 aliphatic carbocycles. The second kappa shape index (κ2) is 10.0. The van der Waals surface area contributed by atoms with Gasteiger partial charge in [-0.25, -0.2) is 10.4 Å². The summed E-state index contributed by atoms with van der Waals surface area (Å²) in [5.41, 5.74) is 3.74. The third-order valence-corrected chi connectivity index (χ3v) is 4.01. The molecule has 0 spiro atoms. The molecule has 0 saturated heterocycles. The molecule has 0 amide bonds. The molecular formula is C20H24N4O3. The highest BCUT2D eigenvalue weighted by Gasteiger charge is 2.18. The molecule has 0 saturated carbocycles. The highest BCUT2D eigenvalue weighted by Crippen LogP contribution is 2.28. The number of oxazole rings is 1. The van der Waals surface area contributed by atoms with E-state index in [1.54, 1.807) is 31.5 Å². The van der Waals surface area contributed by atoms with Crippen molar-refractivity contribution in [1.82, 2.24) is 4.98 Å². The molecule has 7 heteroatoms. The summed E-state index contributed by atoms with van der Waals surface area (Å²) in [5, 5.41) is 13.4. The van der Waals surface area contributed by atoms with Crippen molar-refractivity contribution in [1.29, 1.82) is 5.26 Å². The minimum Gasteiger partial charge on any atom is -0.493 e. The molecule has 0 aliphatic rings. The number of hydrazone groups is 1. The van der Waals surface area contributed by atoms with Crippen LogP contribution in [0.5, 0.6) is 11.5 Å². The molecular weight excluding hydrogens is 344 g/mol. The van der Waals surface area contributed by atoms with Crippen molar-refractivity contribution in [3.05, 3.63) is 48.0 Å². The van der Waals surface area contributed by atoms with Crippen LogP contribution in [0.4, 0.5) is 5.88 Å². The number of methoxy groups -OCH3 is 1. The van der Waals surface area contributed by atoms with Gasteiger partial charge in [-0.1, -0.05) is 26.5 Å². The molecule has 0 bridgehead atoms. The van der Waals surface area contributed by atoms with Crippen molar-refractivity contribution >= 4 is 12.1 Å². The van der Waals surface area contributed by atoms with Crippen LogP contribution in [0.15, 0.2) is 40.4 Å². The van der Waals surface area contributed by atoms with Gasteiger partial charge in [-0.3, -0.25) is 0 Å². The van der Waals surface area contributed by atoms with Gasteiger partial charge >= 0.3 is 0 Å². The SMILES string of the molecule is C=CCOc1ccc(C=NNc2oc(C(CC)CC)nc2C#N)cc1OC. The van der Waals surface area contributed by atoms with Crippen LogP contribution < -0.4 is 14.9 Å². The smallest absolute Gasteiger partial charge is 0.252 e. The van der Waals surface area contributed by atoms with Crippen molar-refractivity contribution in [2.24, 2.45) is 5.10 Å². The number of rotatable bonds is 10. The van der Waals surface area contributed by atoms with Gasteiger partial charge in [0.25, 0.3) is 5.88 Å². The molecule has 1 heterocycles. The van der Waals surface area contributed by atoms with E-state index in [0.29, 0.717) is 24.0 Å². The quantitative estimate of drug-likeness (QED) is 0.378. The molecule has 1 aromatic carbocycles. The predicted molar refractivity (Wildman–Crippen MR) is 104 cm³/mol. The molecule has 1 aromatic heterocycles. The van der Waals surface area contributed by atoms with Crippen molar-refractivity contribution in [2.45, 2.75) is 32.6 Å². The summed E-state index contributed by atoms with van der Waals surface area (Å²) in [4.78, 5) is 4.26. The fourth-order valence-electron chi connectivity index (χ4n) is 2.50. The van der Waals surface area contributed by atoms with Gasteiger partial charge in [0.15, 0.2) is 11.5 Å². The summed E-state index contributed by atoms with van der Waals surface area (Å²) in [6.45, 7) is 8.14. The summed E-state index contributed by atoms with van der Waals surface area (Å²) in [6, 6.07) is 7.46. The van der Waals surface area contributed by atoms with Crippen LogP contribution in [0.25, 0.3) is 0 Å². The summed E-state index contributed by atoms with van der Waals surface area (Å²) in [5.74, 6) is 2.20. The molecule has 2 aromatic rings. The average molecular weight is 368 g/mol. The molecule has 0 unspecified atom stereocenters. The Morgan fingerprint density at radius 2 is 2.15 bits per heavy atom. The molecule has 0 fully saturated rings. The van der Waals surface area contributed by atoms with E-state index in [1.165, 1.54) is 0 Å². The predicted octanol–water partition coefficient (Wildman–Crippen LogP) is 4.47. The van der Waals surface area contributed by atoms with Crippen molar-refractivity contribution in [3.8, 4) is 17.6 Å². The number of ether oxygens (including phenoxy) is 2. The Balaban J connectivity index is 2.13. The van der Waals surface area contributed by atoms with E-state index in [9.17, 15) is 5.26 Å². The van der Waals surface area contributed by atoms with Crippen molar-refractivity contribution in [2.75, 3.05) is 19.1 Å². The van der Waals surface area contributed by atoms with Crippen molar-refractivity contribution in [3.63, 3.8) is 0 Å². The monoisotopic (exact) mass is 368 g/mol. The Labute approximate surface area is 159 Å². The van der Waals surface area contributed by atoms with E-state index >= 15 is 0 Å². The number of nitrogens with zero attached hydrogens (tertiary/aromatic N) is 3. The highest BCUT2D eigenvalue weighted by atomic mass is 16.5. The van der Waals surface area contributed by atoms with Gasteiger partial charge in [0.2, 0.25) is 11.6 Å². The number of benzene rings is 1. The Bertz CT molecular complexity index is 832. The topological polar surface area (TPSA) is 92.7 Å². The first kappa shape index (κ1) is 20.0. The van der Waals surface area contributed by atoms with Crippen LogP contribution in [-0.4, -0.2) is 24.9 Å². The molecule has 2 rings (SSSR count). The number of nitriles is 1. The minimum atomic E-state index is 0.184. The lowest BCUT2D eigenvalue weighted by Gasteiger charge is -2.09. The van der Waals surface area contributed by atoms with Gasteiger partial charge in [0, 0.05) is 5.92 Å². The van der Waals surface area contributed by atoms with Gasteiger partial charge in [-0.05, 0) is 36.6 Å². The summed E-state index contributed by atoms with van der Waals surface area (Å²) >= 11 is 0. The number of aromatic nitrogens is 1. The molecule has 0 aliphatic heterocycles. The van der Waals surface area contributed by atoms with E-state index in [-0.39, 0.29) is 17.5 Å². The molecule has 27 heavy (non-hydrogen) atoms. The lowest BCUT2D eigenvalue weighted by atomic mass is 10.0. The van der Waals surface area contributed by atoms with E-state index in [4.69, 9.17) is 13.9 Å². The second-order valence-electron chi connectivity index (χ2n) is 5.74. The third-order valence-electron chi connectivity index (χ3n) is 4.01. The Hall–Kier alpha value is -3.27. The highest BCUT2D eigenvalue weighted by molar-refractivity contribution is 5.81. The van der Waals surface area contributed by atoms with Crippen LogP contribution in [0.3, 0.4) is 0 Å². The zero-order chi connectivity index (χ0) is 19.6. The van der Waals surface area contributed by atoms with Gasteiger partial charge in [0.05, 0.1) is 13.3 Å². The number of hydrogen-bond acceptors (Lipinski definition) is 7. The van der Waals surface area contributed by atoms with Crippen molar-refractivity contribution < 1.29 is 13.9 Å². The van der Waals surface area contributed by atoms with Crippen LogP contribution in [-0.2, 0) is 0 Å². The van der Waals surface area contributed by atoms with E-state index in [2.05, 4.69) is 35.9 Å². The lowest BCUT2D eigenvalue weighted by Crippen LogP contribution is -1.97. The number of hydrogen-bond donors (Lipinski definition) is 1. The summed E-state index contributed by atoms with van der Waals surface area (Å²) in [6.07, 6.45) is 5.05. The second-order valence-corrected chi connectivity index (χ2v) is 5.74. The molecule has 1 N–H and O–H groups in total. The maximum Gasteiger partial charge on any atom is 0.252 e. The maximum atomic E-state index is 9.24. The molecule has 0 radical (unpaired) electrons. The normalized spacial score (nSPS) is 10.8. The largest absolute Gasteiger partial charge is 0.493 e. The summed E-state index contributed by atoms with van der Waals surface area (Å²) in [7, 11) is 1.57. The van der Waals surface area contributed by atoms with Gasteiger partial charge in [-0.15, -0.1) is 0 Å². The maximum absolute atomic E-state index is 9.24. The third kappa shape index (κ3) is 5.11. The number of anilines is 1. The average Bonchev–Trinajstić information content (AvgIpc) is 3.10. The number of nitrogens with one attached hydrogen (secondary N) is 1. The Morgan fingerprint density at radius 1 is 1.37 bits per heavy atom. The fraction of sp³-hybridized carbons (Fsp3) is 0.350. The van der Waals surface area contributed by atoms with Gasteiger partial charge in [0.1, 0.15) is 12.7 Å². The zero-order valence-electron chi connectivity index (χ0n) is 15.9. The first-order valence-electron chi connectivity index (χ1n) is 8.78. The Morgan fingerprint density at radius 3 is 2.78 bits per heavy atom. The van der Waals surface area contributed by atoms with E-state index < -0.39 is 0 Å². The van der Waals surface area contributed by atoms with E-state index in [0.717, 1.165) is 18.4 Å². The van der Waals surface area contributed by atoms with Crippen LogP contribution in [0.2, 0.25) is 0 Å². The fourth-order valence-corrected chi connectivity index (χ4v) is 2.50.